The molecule has 0 radical (unpaired) electrons. The van der Waals surface area contributed by atoms with Crippen molar-refractivity contribution in [1.29, 1.82) is 0 Å². The van der Waals surface area contributed by atoms with Crippen molar-refractivity contribution in [2.24, 2.45) is 0 Å². The molecular weight excluding hydrogens is 488 g/mol. The summed E-state index contributed by atoms with van der Waals surface area (Å²) in [5.41, 5.74) is 1.57. The van der Waals surface area contributed by atoms with E-state index in [-0.39, 0.29) is 6.42 Å². The number of carbonyl (C=O) groups is 3. The number of benzene rings is 3. The normalized spacial score (nSPS) is 13.4. The molecule has 170 valence electrons. The standard InChI is InChI=1S/C25H23BrN2O5/c26-19-13-7-8-16(14-19)15-20(25(32)33)27-24(31)22(29)21(17-9-3-1-4-10-17)28-23(30)18-11-5-2-6-12-18/h1-14,20-22,29H,15H2,(H,27,31)(H,28,30)(H,32,33)/t20-,21+,22-/m1/s1. The van der Waals surface area contributed by atoms with Gasteiger partial charge in [0.2, 0.25) is 0 Å². The lowest BCUT2D eigenvalue weighted by Gasteiger charge is -2.25. The smallest absolute Gasteiger partial charge is 0.326 e. The van der Waals surface area contributed by atoms with Gasteiger partial charge in [-0.2, -0.15) is 0 Å². The fourth-order valence-corrected chi connectivity index (χ4v) is 3.77. The van der Waals surface area contributed by atoms with E-state index in [4.69, 9.17) is 0 Å². The van der Waals surface area contributed by atoms with Crippen LogP contribution >= 0.6 is 15.9 Å². The van der Waals surface area contributed by atoms with E-state index in [0.717, 1.165) is 4.47 Å². The topological polar surface area (TPSA) is 116 Å². The summed E-state index contributed by atoms with van der Waals surface area (Å²) >= 11 is 3.34. The van der Waals surface area contributed by atoms with Gasteiger partial charge in [-0.3, -0.25) is 9.59 Å². The fourth-order valence-electron chi connectivity index (χ4n) is 3.33. The van der Waals surface area contributed by atoms with Gasteiger partial charge in [-0.25, -0.2) is 4.79 Å². The van der Waals surface area contributed by atoms with Crippen LogP contribution < -0.4 is 10.6 Å². The summed E-state index contributed by atoms with van der Waals surface area (Å²) in [5, 5.41) is 25.5. The third-order valence-corrected chi connectivity index (χ3v) is 5.50. The Morgan fingerprint density at radius 1 is 0.848 bits per heavy atom. The summed E-state index contributed by atoms with van der Waals surface area (Å²) in [6.07, 6.45) is -1.69. The highest BCUT2D eigenvalue weighted by Gasteiger charge is 2.32. The predicted octanol–water partition coefficient (Wildman–Crippen LogP) is 3.09. The average Bonchev–Trinajstić information content (AvgIpc) is 2.82. The van der Waals surface area contributed by atoms with Gasteiger partial charge in [0.1, 0.15) is 6.04 Å². The molecule has 3 aromatic carbocycles. The molecule has 33 heavy (non-hydrogen) atoms. The van der Waals surface area contributed by atoms with E-state index < -0.39 is 36.0 Å². The van der Waals surface area contributed by atoms with Gasteiger partial charge in [-0.15, -0.1) is 0 Å². The molecule has 0 heterocycles. The largest absolute Gasteiger partial charge is 0.480 e. The minimum Gasteiger partial charge on any atom is -0.480 e. The first-order chi connectivity index (χ1) is 15.8. The van der Waals surface area contributed by atoms with Gasteiger partial charge < -0.3 is 20.8 Å². The molecule has 0 spiro atoms. The monoisotopic (exact) mass is 510 g/mol. The molecule has 4 N–H and O–H groups in total. The van der Waals surface area contributed by atoms with Gasteiger partial charge in [0, 0.05) is 16.5 Å². The number of aliphatic hydroxyl groups excluding tert-OH is 1. The molecular formula is C25H23BrN2O5. The third kappa shape index (κ3) is 6.74. The summed E-state index contributed by atoms with van der Waals surface area (Å²) in [5.74, 6) is -2.61. The number of nitrogens with one attached hydrogen (secondary N) is 2. The first-order valence-corrected chi connectivity index (χ1v) is 11.0. The Hall–Kier alpha value is -3.49. The zero-order valence-corrected chi connectivity index (χ0v) is 19.1. The molecule has 0 saturated carbocycles. The van der Waals surface area contributed by atoms with Crippen LogP contribution in [0.2, 0.25) is 0 Å². The Bertz CT molecular complexity index is 1110. The molecule has 0 fully saturated rings. The van der Waals surface area contributed by atoms with E-state index in [2.05, 4.69) is 26.6 Å². The number of carboxylic acid groups (broad SMARTS) is 1. The Labute approximate surface area is 199 Å². The molecule has 2 amide bonds. The molecule has 0 unspecified atom stereocenters. The second kappa shape index (κ2) is 11.4. The van der Waals surface area contributed by atoms with Crippen molar-refractivity contribution in [1.82, 2.24) is 10.6 Å². The van der Waals surface area contributed by atoms with Crippen molar-refractivity contribution >= 4 is 33.7 Å². The molecule has 0 aliphatic carbocycles. The van der Waals surface area contributed by atoms with E-state index in [1.54, 1.807) is 78.9 Å². The number of hydrogen-bond donors (Lipinski definition) is 4. The van der Waals surface area contributed by atoms with Crippen LogP contribution in [0.5, 0.6) is 0 Å². The van der Waals surface area contributed by atoms with Crippen molar-refractivity contribution in [3.8, 4) is 0 Å². The number of aliphatic carboxylic acids is 1. The van der Waals surface area contributed by atoms with Crippen molar-refractivity contribution in [3.63, 3.8) is 0 Å². The van der Waals surface area contributed by atoms with Crippen LogP contribution in [0.15, 0.2) is 89.4 Å². The molecule has 3 rings (SSSR count). The number of aliphatic hydroxyl groups is 1. The van der Waals surface area contributed by atoms with Crippen LogP contribution in [-0.4, -0.2) is 40.1 Å². The Morgan fingerprint density at radius 3 is 2.09 bits per heavy atom. The number of hydrogen-bond acceptors (Lipinski definition) is 4. The van der Waals surface area contributed by atoms with Crippen molar-refractivity contribution < 1.29 is 24.6 Å². The molecule has 8 heteroatoms. The predicted molar refractivity (Wildman–Crippen MR) is 127 cm³/mol. The molecule has 0 bridgehead atoms. The number of amides is 2. The highest BCUT2D eigenvalue weighted by Crippen LogP contribution is 2.19. The second-order valence-corrected chi connectivity index (χ2v) is 8.32. The van der Waals surface area contributed by atoms with E-state index in [1.807, 2.05) is 6.07 Å². The van der Waals surface area contributed by atoms with Crippen molar-refractivity contribution in [2.75, 3.05) is 0 Å². The van der Waals surface area contributed by atoms with E-state index in [0.29, 0.717) is 16.7 Å². The van der Waals surface area contributed by atoms with E-state index >= 15 is 0 Å². The number of carbonyl (C=O) groups excluding carboxylic acids is 2. The lowest BCUT2D eigenvalue weighted by molar-refractivity contribution is -0.143. The minimum absolute atomic E-state index is 0.0274. The van der Waals surface area contributed by atoms with Gasteiger partial charge in [0.05, 0.1) is 6.04 Å². The van der Waals surface area contributed by atoms with Crippen LogP contribution in [-0.2, 0) is 16.0 Å². The SMILES string of the molecule is O=C(N[C@@H](c1ccccc1)[C@@H](O)C(=O)N[C@H](Cc1cccc(Br)c1)C(=O)O)c1ccccc1. The zero-order valence-electron chi connectivity index (χ0n) is 17.5. The third-order valence-electron chi connectivity index (χ3n) is 5.01. The molecule has 0 aromatic heterocycles. The fraction of sp³-hybridized carbons (Fsp3) is 0.160. The molecule has 3 aromatic rings. The van der Waals surface area contributed by atoms with Gasteiger partial charge >= 0.3 is 5.97 Å². The maximum atomic E-state index is 12.9. The van der Waals surface area contributed by atoms with Crippen LogP contribution in [0.25, 0.3) is 0 Å². The van der Waals surface area contributed by atoms with Gasteiger partial charge in [0.25, 0.3) is 11.8 Å². The first kappa shape index (κ1) is 24.2. The van der Waals surface area contributed by atoms with Gasteiger partial charge in [-0.1, -0.05) is 76.6 Å². The summed E-state index contributed by atoms with van der Waals surface area (Å²) < 4.78 is 0.781. The number of halogens is 1. The van der Waals surface area contributed by atoms with Crippen LogP contribution in [0.3, 0.4) is 0 Å². The molecule has 3 atom stereocenters. The zero-order chi connectivity index (χ0) is 23.8. The highest BCUT2D eigenvalue weighted by molar-refractivity contribution is 9.10. The minimum atomic E-state index is -1.72. The van der Waals surface area contributed by atoms with Crippen molar-refractivity contribution in [2.45, 2.75) is 24.6 Å². The summed E-state index contributed by atoms with van der Waals surface area (Å²) in [7, 11) is 0. The molecule has 7 nitrogen and oxygen atoms in total. The molecule has 0 aliphatic heterocycles. The summed E-state index contributed by atoms with van der Waals surface area (Å²) in [6.45, 7) is 0. The molecule has 0 saturated heterocycles. The Morgan fingerprint density at radius 2 is 1.48 bits per heavy atom. The summed E-state index contributed by atoms with van der Waals surface area (Å²) in [4.78, 5) is 37.3. The van der Waals surface area contributed by atoms with Crippen LogP contribution in [0.4, 0.5) is 0 Å². The second-order valence-electron chi connectivity index (χ2n) is 7.41. The Balaban J connectivity index is 1.79. The van der Waals surface area contributed by atoms with E-state index in [9.17, 15) is 24.6 Å². The lowest BCUT2D eigenvalue weighted by atomic mass is 9.99. The maximum Gasteiger partial charge on any atom is 0.326 e. The van der Waals surface area contributed by atoms with Crippen molar-refractivity contribution in [3.05, 3.63) is 106 Å². The molecule has 0 aliphatic rings. The first-order valence-electron chi connectivity index (χ1n) is 10.2. The maximum absolute atomic E-state index is 12.9. The van der Waals surface area contributed by atoms with Gasteiger partial charge in [-0.05, 0) is 35.4 Å². The van der Waals surface area contributed by atoms with Crippen LogP contribution in [0, 0.1) is 0 Å². The summed E-state index contributed by atoms with van der Waals surface area (Å²) in [6, 6.07) is 21.7. The van der Waals surface area contributed by atoms with Gasteiger partial charge in [0.15, 0.2) is 6.10 Å². The number of carboxylic acids is 1. The highest BCUT2D eigenvalue weighted by atomic mass is 79.9. The number of rotatable bonds is 9. The average molecular weight is 511 g/mol. The lowest BCUT2D eigenvalue weighted by Crippen LogP contribution is -2.50. The Kier molecular flexibility index (Phi) is 8.34. The van der Waals surface area contributed by atoms with E-state index in [1.165, 1.54) is 0 Å². The van der Waals surface area contributed by atoms with Crippen LogP contribution in [0.1, 0.15) is 27.5 Å². The quantitative estimate of drug-likeness (QED) is 0.353.